The Balaban J connectivity index is 1.85. The van der Waals surface area contributed by atoms with Crippen molar-refractivity contribution in [1.29, 1.82) is 0 Å². The fourth-order valence-corrected chi connectivity index (χ4v) is 3.99. The number of benzene rings is 1. The summed E-state index contributed by atoms with van der Waals surface area (Å²) >= 11 is 0. The molecule has 1 aromatic carbocycles. The van der Waals surface area contributed by atoms with Crippen molar-refractivity contribution in [2.75, 3.05) is 12.0 Å². The molecule has 2 aliphatic rings. The molecule has 6 nitrogen and oxygen atoms in total. The summed E-state index contributed by atoms with van der Waals surface area (Å²) in [5.41, 5.74) is 0.526. The van der Waals surface area contributed by atoms with Crippen LogP contribution >= 0.6 is 0 Å². The van der Waals surface area contributed by atoms with Crippen molar-refractivity contribution in [2.45, 2.75) is 64.0 Å². The van der Waals surface area contributed by atoms with Crippen molar-refractivity contribution in [3.05, 3.63) is 24.3 Å². The van der Waals surface area contributed by atoms with Crippen molar-refractivity contribution < 1.29 is 19.1 Å². The van der Waals surface area contributed by atoms with Gasteiger partial charge in [0.15, 0.2) is 0 Å². The van der Waals surface area contributed by atoms with Gasteiger partial charge in [-0.2, -0.15) is 0 Å². The van der Waals surface area contributed by atoms with E-state index in [2.05, 4.69) is 0 Å². The Hall–Kier alpha value is -2.37. The van der Waals surface area contributed by atoms with Crippen molar-refractivity contribution in [1.82, 2.24) is 4.90 Å². The van der Waals surface area contributed by atoms with Crippen LogP contribution in [0.15, 0.2) is 24.3 Å². The smallest absolute Gasteiger partial charge is 0.257 e. The number of carbonyl (C=O) groups is 3. The van der Waals surface area contributed by atoms with Crippen molar-refractivity contribution in [3.8, 4) is 5.75 Å². The Morgan fingerprint density at radius 2 is 1.85 bits per heavy atom. The summed E-state index contributed by atoms with van der Waals surface area (Å²) in [6.07, 6.45) is 5.17. The van der Waals surface area contributed by atoms with Gasteiger partial charge in [-0.3, -0.25) is 14.4 Å². The second kappa shape index (κ2) is 7.89. The highest BCUT2D eigenvalue weighted by Crippen LogP contribution is 2.32. The highest BCUT2D eigenvalue weighted by molar-refractivity contribution is 6.23. The average molecular weight is 358 g/mol. The lowest BCUT2D eigenvalue weighted by Crippen LogP contribution is -2.50. The second-order valence-electron chi connectivity index (χ2n) is 6.97. The maximum Gasteiger partial charge on any atom is 0.257 e. The van der Waals surface area contributed by atoms with E-state index in [1.165, 1.54) is 4.90 Å². The number of imide groups is 1. The van der Waals surface area contributed by atoms with E-state index < -0.39 is 6.04 Å². The zero-order valence-electron chi connectivity index (χ0n) is 15.4. The van der Waals surface area contributed by atoms with Gasteiger partial charge in [0.05, 0.1) is 19.2 Å². The number of ether oxygens (including phenoxy) is 1. The summed E-state index contributed by atoms with van der Waals surface area (Å²) in [7, 11) is 1.57. The number of hydrogen-bond acceptors (Lipinski definition) is 4. The van der Waals surface area contributed by atoms with Gasteiger partial charge in [-0.05, 0) is 43.5 Å². The van der Waals surface area contributed by atoms with E-state index in [0.717, 1.165) is 32.1 Å². The molecule has 0 radical (unpaired) electrons. The molecule has 1 aliphatic heterocycles. The first-order valence-corrected chi connectivity index (χ1v) is 9.38. The van der Waals surface area contributed by atoms with Gasteiger partial charge in [0, 0.05) is 12.5 Å². The van der Waals surface area contributed by atoms with E-state index in [1.807, 2.05) is 6.92 Å². The van der Waals surface area contributed by atoms with Crippen LogP contribution in [0.1, 0.15) is 51.9 Å². The number of anilines is 1. The van der Waals surface area contributed by atoms with Crippen molar-refractivity contribution in [3.63, 3.8) is 0 Å². The van der Waals surface area contributed by atoms with Gasteiger partial charge in [0.1, 0.15) is 11.8 Å². The largest absolute Gasteiger partial charge is 0.497 e. The van der Waals surface area contributed by atoms with E-state index in [-0.39, 0.29) is 30.2 Å². The van der Waals surface area contributed by atoms with Gasteiger partial charge in [0.2, 0.25) is 11.8 Å². The lowest BCUT2D eigenvalue weighted by Gasteiger charge is -2.33. The third-order valence-corrected chi connectivity index (χ3v) is 5.26. The average Bonchev–Trinajstić information content (AvgIpc) is 3.25. The van der Waals surface area contributed by atoms with Gasteiger partial charge in [-0.1, -0.05) is 19.8 Å². The Bertz CT molecular complexity index is 680. The van der Waals surface area contributed by atoms with Gasteiger partial charge in [-0.25, -0.2) is 4.90 Å². The van der Waals surface area contributed by atoms with Crippen LogP contribution in [0.2, 0.25) is 0 Å². The molecule has 1 saturated carbocycles. The molecule has 1 saturated heterocycles. The molecule has 1 heterocycles. The van der Waals surface area contributed by atoms with Crippen LogP contribution in [0.25, 0.3) is 0 Å². The normalized spacial score (nSPS) is 20.7. The summed E-state index contributed by atoms with van der Waals surface area (Å²) in [5.74, 6) is 0.103. The molecule has 0 bridgehead atoms. The molecule has 0 aromatic heterocycles. The van der Waals surface area contributed by atoms with Crippen LogP contribution in [0.4, 0.5) is 5.69 Å². The maximum absolute atomic E-state index is 13.1. The highest BCUT2D eigenvalue weighted by Gasteiger charge is 2.46. The number of methoxy groups -OCH3 is 1. The van der Waals surface area contributed by atoms with E-state index in [0.29, 0.717) is 17.9 Å². The first kappa shape index (κ1) is 18.4. The predicted molar refractivity (Wildman–Crippen MR) is 97.9 cm³/mol. The molecule has 1 aliphatic carbocycles. The number of amides is 3. The zero-order chi connectivity index (χ0) is 18.7. The molecule has 140 valence electrons. The molecule has 1 aromatic rings. The van der Waals surface area contributed by atoms with Gasteiger partial charge in [-0.15, -0.1) is 0 Å². The van der Waals surface area contributed by atoms with Crippen LogP contribution in [0, 0.1) is 0 Å². The minimum absolute atomic E-state index is 0.0119. The molecule has 3 rings (SSSR count). The van der Waals surface area contributed by atoms with Crippen LogP contribution in [-0.4, -0.2) is 41.8 Å². The van der Waals surface area contributed by atoms with Crippen molar-refractivity contribution >= 4 is 23.4 Å². The summed E-state index contributed by atoms with van der Waals surface area (Å²) in [5, 5.41) is 0. The Kier molecular flexibility index (Phi) is 5.59. The summed E-state index contributed by atoms with van der Waals surface area (Å²) in [4.78, 5) is 41.3. The van der Waals surface area contributed by atoms with E-state index in [1.54, 1.807) is 36.3 Å². The SMILES string of the molecule is CCCC(=O)N(C1CCCC1)C1CC(=O)N(c2ccc(OC)cc2)C1=O. The molecule has 1 atom stereocenters. The molecule has 0 N–H and O–H groups in total. The predicted octanol–water partition coefficient (Wildman–Crippen LogP) is 2.90. The Morgan fingerprint density at radius 3 is 2.42 bits per heavy atom. The molecular formula is C20H26N2O4. The van der Waals surface area contributed by atoms with Gasteiger partial charge < -0.3 is 9.64 Å². The van der Waals surface area contributed by atoms with Crippen LogP contribution in [-0.2, 0) is 14.4 Å². The van der Waals surface area contributed by atoms with Crippen LogP contribution in [0.3, 0.4) is 0 Å². The number of hydrogen-bond donors (Lipinski definition) is 0. The number of rotatable bonds is 6. The molecule has 0 spiro atoms. The first-order valence-electron chi connectivity index (χ1n) is 9.38. The fraction of sp³-hybridized carbons (Fsp3) is 0.550. The molecule has 26 heavy (non-hydrogen) atoms. The maximum atomic E-state index is 13.1. The second-order valence-corrected chi connectivity index (χ2v) is 6.97. The zero-order valence-corrected chi connectivity index (χ0v) is 15.4. The monoisotopic (exact) mass is 358 g/mol. The highest BCUT2D eigenvalue weighted by atomic mass is 16.5. The number of nitrogens with zero attached hydrogens (tertiary/aromatic N) is 2. The van der Waals surface area contributed by atoms with E-state index >= 15 is 0 Å². The van der Waals surface area contributed by atoms with Crippen molar-refractivity contribution in [2.24, 2.45) is 0 Å². The van der Waals surface area contributed by atoms with Crippen LogP contribution < -0.4 is 9.64 Å². The standard InChI is InChI=1S/C20H26N2O4/c1-3-6-18(23)21(14-7-4-5-8-14)17-13-19(24)22(20(17)25)15-9-11-16(26-2)12-10-15/h9-12,14,17H,3-8,13H2,1-2H3. The first-order chi connectivity index (χ1) is 12.6. The lowest BCUT2D eigenvalue weighted by atomic mass is 10.1. The summed E-state index contributed by atoms with van der Waals surface area (Å²) in [6, 6.07) is 6.24. The van der Waals surface area contributed by atoms with Crippen LogP contribution in [0.5, 0.6) is 5.75 Å². The minimum atomic E-state index is -0.674. The van der Waals surface area contributed by atoms with E-state index in [4.69, 9.17) is 4.74 Å². The quantitative estimate of drug-likeness (QED) is 0.734. The molecule has 2 fully saturated rings. The summed E-state index contributed by atoms with van der Waals surface area (Å²) < 4.78 is 5.13. The fourth-order valence-electron chi connectivity index (χ4n) is 3.99. The topological polar surface area (TPSA) is 66.9 Å². The number of carbonyl (C=O) groups excluding carboxylic acids is 3. The third kappa shape index (κ3) is 3.45. The van der Waals surface area contributed by atoms with Gasteiger partial charge in [0.25, 0.3) is 5.91 Å². The molecule has 3 amide bonds. The lowest BCUT2D eigenvalue weighted by molar-refractivity contribution is -0.141. The Labute approximate surface area is 154 Å². The molecule has 6 heteroatoms. The summed E-state index contributed by atoms with van der Waals surface area (Å²) in [6.45, 7) is 1.95. The Morgan fingerprint density at radius 1 is 1.19 bits per heavy atom. The minimum Gasteiger partial charge on any atom is -0.497 e. The molecule has 1 unspecified atom stereocenters. The molecular weight excluding hydrogens is 332 g/mol. The third-order valence-electron chi connectivity index (χ3n) is 5.26. The van der Waals surface area contributed by atoms with Gasteiger partial charge >= 0.3 is 0 Å². The van der Waals surface area contributed by atoms with E-state index in [9.17, 15) is 14.4 Å².